The van der Waals surface area contributed by atoms with E-state index >= 15 is 0 Å². The van der Waals surface area contributed by atoms with Gasteiger partial charge in [0.15, 0.2) is 5.11 Å². The van der Waals surface area contributed by atoms with Crippen molar-refractivity contribution in [3.8, 4) is 6.07 Å². The van der Waals surface area contributed by atoms with Gasteiger partial charge in [0.05, 0.1) is 18.7 Å². The molecule has 3 aromatic rings. The Bertz CT molecular complexity index is 953. The van der Waals surface area contributed by atoms with Crippen LogP contribution in [-0.4, -0.2) is 15.9 Å². The number of nitriles is 1. The maximum absolute atomic E-state index is 8.82. The van der Waals surface area contributed by atoms with Gasteiger partial charge in [-0.05, 0) is 23.8 Å². The molecule has 1 aromatic heterocycles. The number of fused-ring (bicyclic) bond motifs is 1. The van der Waals surface area contributed by atoms with E-state index in [0.29, 0.717) is 24.6 Å². The zero-order valence-electron chi connectivity index (χ0n) is 14.2. The van der Waals surface area contributed by atoms with Gasteiger partial charge in [-0.1, -0.05) is 48.5 Å². The fourth-order valence-corrected chi connectivity index (χ4v) is 2.84. The second kappa shape index (κ2) is 8.79. The summed E-state index contributed by atoms with van der Waals surface area (Å²) in [6.45, 7) is 1.31. The summed E-state index contributed by atoms with van der Waals surface area (Å²) >= 11 is 5.25. The van der Waals surface area contributed by atoms with E-state index in [4.69, 9.17) is 17.5 Å². The maximum atomic E-state index is 8.82. The summed E-state index contributed by atoms with van der Waals surface area (Å²) in [5.74, 6) is 0. The third kappa shape index (κ3) is 4.47. The first-order valence-corrected chi connectivity index (χ1v) is 8.74. The van der Waals surface area contributed by atoms with Gasteiger partial charge in [-0.3, -0.25) is 5.43 Å². The van der Waals surface area contributed by atoms with Crippen molar-refractivity contribution in [3.05, 3.63) is 71.9 Å². The minimum Gasteiger partial charge on any atom is -0.357 e. The number of aryl methyl sites for hydroxylation is 1. The molecular weight excluding hydrogens is 342 g/mol. The molecule has 0 unspecified atom stereocenters. The van der Waals surface area contributed by atoms with Gasteiger partial charge in [0, 0.05) is 35.8 Å². The maximum Gasteiger partial charge on any atom is 0.187 e. The molecule has 130 valence electrons. The third-order valence-electron chi connectivity index (χ3n) is 3.95. The predicted octanol–water partition coefficient (Wildman–Crippen LogP) is 3.55. The quantitative estimate of drug-likeness (QED) is 0.400. The minimum absolute atomic E-state index is 0.471. The lowest BCUT2D eigenvalue weighted by Crippen LogP contribution is -2.31. The van der Waals surface area contributed by atoms with E-state index in [1.807, 2.05) is 60.8 Å². The van der Waals surface area contributed by atoms with Crippen molar-refractivity contribution in [2.45, 2.75) is 19.5 Å². The molecule has 1 heterocycles. The molecule has 2 aromatic carbocycles. The minimum atomic E-state index is 0.471. The van der Waals surface area contributed by atoms with Crippen molar-refractivity contribution in [1.82, 2.24) is 15.3 Å². The second-order valence-electron chi connectivity index (χ2n) is 5.74. The van der Waals surface area contributed by atoms with E-state index in [1.165, 1.54) is 0 Å². The van der Waals surface area contributed by atoms with Gasteiger partial charge in [0.2, 0.25) is 0 Å². The Kier molecular flexibility index (Phi) is 5.96. The van der Waals surface area contributed by atoms with Crippen molar-refractivity contribution in [2.24, 2.45) is 5.10 Å². The topological polar surface area (TPSA) is 65.1 Å². The van der Waals surface area contributed by atoms with Crippen LogP contribution in [0.3, 0.4) is 0 Å². The summed E-state index contributed by atoms with van der Waals surface area (Å²) in [6, 6.07) is 20.3. The van der Waals surface area contributed by atoms with Gasteiger partial charge in [0.25, 0.3) is 0 Å². The van der Waals surface area contributed by atoms with Crippen LogP contribution in [0, 0.1) is 11.3 Å². The van der Waals surface area contributed by atoms with E-state index < -0.39 is 0 Å². The molecule has 26 heavy (non-hydrogen) atoms. The Morgan fingerprint density at radius 3 is 2.73 bits per heavy atom. The fraction of sp³-hybridized carbons (Fsp3) is 0.150. The summed E-state index contributed by atoms with van der Waals surface area (Å²) in [5, 5.41) is 17.7. The molecule has 0 fully saturated rings. The highest BCUT2D eigenvalue weighted by Gasteiger charge is 2.06. The number of benzene rings is 2. The zero-order chi connectivity index (χ0) is 18.2. The van der Waals surface area contributed by atoms with E-state index in [9.17, 15) is 0 Å². The summed E-state index contributed by atoms with van der Waals surface area (Å²) in [7, 11) is 0. The normalized spacial score (nSPS) is 10.7. The molecule has 0 saturated carbocycles. The smallest absolute Gasteiger partial charge is 0.187 e. The van der Waals surface area contributed by atoms with Crippen LogP contribution in [0.15, 0.2) is 65.9 Å². The largest absolute Gasteiger partial charge is 0.357 e. The lowest BCUT2D eigenvalue weighted by Gasteiger charge is -2.06. The molecule has 3 rings (SSSR count). The van der Waals surface area contributed by atoms with Crippen LogP contribution >= 0.6 is 12.2 Å². The van der Waals surface area contributed by atoms with Crippen molar-refractivity contribution < 1.29 is 0 Å². The highest BCUT2D eigenvalue weighted by Crippen LogP contribution is 2.20. The Morgan fingerprint density at radius 2 is 1.92 bits per heavy atom. The summed E-state index contributed by atoms with van der Waals surface area (Å²) in [5.41, 5.74) is 6.08. The molecule has 0 aliphatic carbocycles. The molecule has 0 aliphatic rings. The molecule has 0 saturated heterocycles. The molecule has 2 N–H and O–H groups in total. The van der Waals surface area contributed by atoms with E-state index in [-0.39, 0.29) is 0 Å². The average molecular weight is 361 g/mol. The van der Waals surface area contributed by atoms with Crippen molar-refractivity contribution in [2.75, 3.05) is 0 Å². The van der Waals surface area contributed by atoms with E-state index in [2.05, 4.69) is 26.5 Å². The van der Waals surface area contributed by atoms with Crippen molar-refractivity contribution in [1.29, 1.82) is 5.26 Å². The summed E-state index contributed by atoms with van der Waals surface area (Å²) < 4.78 is 2.08. The van der Waals surface area contributed by atoms with Gasteiger partial charge in [-0.2, -0.15) is 10.4 Å². The van der Waals surface area contributed by atoms with Crippen LogP contribution in [0.25, 0.3) is 10.9 Å². The molecular formula is C20H19N5S. The number of hydrazone groups is 1. The van der Waals surface area contributed by atoms with Crippen LogP contribution in [0.5, 0.6) is 0 Å². The first-order chi connectivity index (χ1) is 12.8. The van der Waals surface area contributed by atoms with Crippen molar-refractivity contribution >= 4 is 34.4 Å². The lowest BCUT2D eigenvalue weighted by atomic mass is 10.2. The Labute approximate surface area is 157 Å². The SMILES string of the molecule is N#CCCn1cc(/C=N\NC(=S)NCc2ccccc2)c2ccccc21. The Hall–Kier alpha value is -3.17. The fourth-order valence-electron chi connectivity index (χ4n) is 2.71. The van der Waals surface area contributed by atoms with Crippen molar-refractivity contribution in [3.63, 3.8) is 0 Å². The van der Waals surface area contributed by atoms with Gasteiger partial charge >= 0.3 is 0 Å². The number of rotatable bonds is 6. The van der Waals surface area contributed by atoms with Gasteiger partial charge in [-0.15, -0.1) is 0 Å². The van der Waals surface area contributed by atoms with E-state index in [1.54, 1.807) is 6.21 Å². The first-order valence-electron chi connectivity index (χ1n) is 8.33. The zero-order valence-corrected chi connectivity index (χ0v) is 15.0. The number of nitrogens with one attached hydrogen (secondary N) is 2. The standard InChI is InChI=1S/C20H19N5S/c21-11-6-12-25-15-17(18-9-4-5-10-19(18)25)14-23-24-20(26)22-13-16-7-2-1-3-8-16/h1-5,7-10,14-15H,6,12-13H2,(H2,22,24,26)/b23-14-. The first kappa shape index (κ1) is 17.6. The Balaban J connectivity index is 1.63. The van der Waals surface area contributed by atoms with Gasteiger partial charge < -0.3 is 9.88 Å². The van der Waals surface area contributed by atoms with Crippen LogP contribution in [0.2, 0.25) is 0 Å². The number of nitrogens with zero attached hydrogens (tertiary/aromatic N) is 3. The number of thiocarbonyl (C=S) groups is 1. The number of aromatic nitrogens is 1. The molecule has 0 atom stereocenters. The highest BCUT2D eigenvalue weighted by atomic mass is 32.1. The average Bonchev–Trinajstić information content (AvgIpc) is 3.03. The highest BCUT2D eigenvalue weighted by molar-refractivity contribution is 7.80. The number of hydrogen-bond acceptors (Lipinski definition) is 3. The molecule has 0 aliphatic heterocycles. The lowest BCUT2D eigenvalue weighted by molar-refractivity contribution is 0.744. The molecule has 0 amide bonds. The van der Waals surface area contributed by atoms with Crippen LogP contribution in [-0.2, 0) is 13.1 Å². The molecule has 0 bridgehead atoms. The van der Waals surface area contributed by atoms with E-state index in [0.717, 1.165) is 22.0 Å². The summed E-state index contributed by atoms with van der Waals surface area (Å²) in [6.07, 6.45) is 4.23. The molecule has 5 nitrogen and oxygen atoms in total. The van der Waals surface area contributed by atoms with Crippen LogP contribution < -0.4 is 10.7 Å². The van der Waals surface area contributed by atoms with Gasteiger partial charge in [0.1, 0.15) is 0 Å². The molecule has 0 radical (unpaired) electrons. The second-order valence-corrected chi connectivity index (χ2v) is 6.15. The molecule has 0 spiro atoms. The number of hydrogen-bond donors (Lipinski definition) is 2. The Morgan fingerprint density at radius 1 is 1.15 bits per heavy atom. The van der Waals surface area contributed by atoms with Crippen LogP contribution in [0.1, 0.15) is 17.5 Å². The van der Waals surface area contributed by atoms with Gasteiger partial charge in [-0.25, -0.2) is 0 Å². The molecule has 6 heteroatoms. The monoisotopic (exact) mass is 361 g/mol. The third-order valence-corrected chi connectivity index (χ3v) is 4.19. The summed E-state index contributed by atoms with van der Waals surface area (Å²) in [4.78, 5) is 0. The number of para-hydroxylation sites is 1. The predicted molar refractivity (Wildman–Crippen MR) is 109 cm³/mol. The van der Waals surface area contributed by atoms with Crippen LogP contribution in [0.4, 0.5) is 0 Å².